The van der Waals surface area contributed by atoms with Gasteiger partial charge in [0.25, 0.3) is 0 Å². The molecule has 0 aromatic rings. The lowest BCUT2D eigenvalue weighted by atomic mass is 10.5. The van der Waals surface area contributed by atoms with E-state index in [1.165, 1.54) is 0 Å². The van der Waals surface area contributed by atoms with E-state index in [2.05, 4.69) is 68.2 Å². The minimum atomic E-state index is -1.27. The van der Waals surface area contributed by atoms with Crippen molar-refractivity contribution in [1.29, 1.82) is 0 Å². The summed E-state index contributed by atoms with van der Waals surface area (Å²) < 4.78 is 2.61. The lowest BCUT2D eigenvalue weighted by Crippen LogP contribution is -2.59. The van der Waals surface area contributed by atoms with Crippen LogP contribution in [0.5, 0.6) is 0 Å². The SMILES string of the molecule is CC1=CN([Si](C)(C)C)C([Si](C)(C)C)C=N1. The van der Waals surface area contributed by atoms with Gasteiger partial charge < -0.3 is 4.57 Å². The first-order valence-corrected chi connectivity index (χ1v) is 12.7. The fraction of sp³-hybridized carbons (Fsp3) is 0.727. The van der Waals surface area contributed by atoms with E-state index in [0.29, 0.717) is 5.67 Å². The van der Waals surface area contributed by atoms with Crippen molar-refractivity contribution in [2.24, 2.45) is 4.99 Å². The molecule has 15 heavy (non-hydrogen) atoms. The number of hydrogen-bond donors (Lipinski definition) is 0. The molecule has 0 spiro atoms. The Morgan fingerprint density at radius 1 is 1.13 bits per heavy atom. The van der Waals surface area contributed by atoms with E-state index in [1.807, 2.05) is 0 Å². The molecular weight excluding hydrogens is 216 g/mol. The van der Waals surface area contributed by atoms with Gasteiger partial charge in [-0.3, -0.25) is 4.99 Å². The largest absolute Gasteiger partial charge is 0.397 e. The zero-order valence-corrected chi connectivity index (χ0v) is 13.1. The van der Waals surface area contributed by atoms with Gasteiger partial charge in [0, 0.05) is 18.1 Å². The Bertz CT molecular complexity index is 295. The molecule has 86 valence electrons. The number of nitrogens with zero attached hydrogens (tertiary/aromatic N) is 2. The van der Waals surface area contributed by atoms with Crippen molar-refractivity contribution in [3.63, 3.8) is 0 Å². The van der Waals surface area contributed by atoms with Crippen LogP contribution in [0.15, 0.2) is 16.9 Å². The summed E-state index contributed by atoms with van der Waals surface area (Å²) in [6, 6.07) is 0. The van der Waals surface area contributed by atoms with Gasteiger partial charge in [-0.25, -0.2) is 0 Å². The number of hydrogen-bond acceptors (Lipinski definition) is 2. The normalized spacial score (nSPS) is 23.0. The Morgan fingerprint density at radius 3 is 2.07 bits per heavy atom. The van der Waals surface area contributed by atoms with Crippen molar-refractivity contribution >= 4 is 22.5 Å². The number of allylic oxidation sites excluding steroid dienone is 1. The molecule has 0 aromatic carbocycles. The summed E-state index contributed by atoms with van der Waals surface area (Å²) in [5, 5.41) is 0. The molecule has 0 saturated carbocycles. The first kappa shape index (κ1) is 12.7. The van der Waals surface area contributed by atoms with Crippen molar-refractivity contribution in [3.05, 3.63) is 11.9 Å². The fourth-order valence-corrected chi connectivity index (χ4v) is 7.06. The quantitative estimate of drug-likeness (QED) is 0.676. The van der Waals surface area contributed by atoms with Crippen LogP contribution < -0.4 is 0 Å². The van der Waals surface area contributed by atoms with Gasteiger partial charge in [-0.2, -0.15) is 0 Å². The molecule has 2 nitrogen and oxygen atoms in total. The summed E-state index contributed by atoms with van der Waals surface area (Å²) in [6.45, 7) is 16.6. The van der Waals surface area contributed by atoms with Gasteiger partial charge in [-0.05, 0) is 6.92 Å². The maximum absolute atomic E-state index is 4.49. The van der Waals surface area contributed by atoms with Gasteiger partial charge in [-0.15, -0.1) is 0 Å². The first-order chi connectivity index (χ1) is 6.62. The van der Waals surface area contributed by atoms with Gasteiger partial charge >= 0.3 is 0 Å². The maximum Gasteiger partial charge on any atom is 0.147 e. The molecule has 1 aliphatic rings. The molecule has 0 fully saturated rings. The Kier molecular flexibility index (Phi) is 3.31. The Hall–Kier alpha value is -0.356. The third kappa shape index (κ3) is 3.05. The molecule has 0 amide bonds. The van der Waals surface area contributed by atoms with Gasteiger partial charge in [0.05, 0.1) is 13.8 Å². The van der Waals surface area contributed by atoms with E-state index in [4.69, 9.17) is 0 Å². The highest BCUT2D eigenvalue weighted by atomic mass is 28.3. The lowest BCUT2D eigenvalue weighted by molar-refractivity contribution is 0.576. The fourth-order valence-electron chi connectivity index (χ4n) is 1.83. The zero-order chi connectivity index (χ0) is 11.9. The van der Waals surface area contributed by atoms with Crippen LogP contribution in [-0.2, 0) is 0 Å². The Labute approximate surface area is 96.2 Å². The summed E-state index contributed by atoms with van der Waals surface area (Å²) in [5.74, 6) is 0. The molecule has 0 bridgehead atoms. The van der Waals surface area contributed by atoms with Gasteiger partial charge in [0.15, 0.2) is 0 Å². The van der Waals surface area contributed by atoms with Crippen molar-refractivity contribution in [1.82, 2.24) is 4.57 Å². The Morgan fingerprint density at radius 2 is 1.67 bits per heavy atom. The van der Waals surface area contributed by atoms with Crippen LogP contribution >= 0.6 is 0 Å². The third-order valence-corrected chi connectivity index (χ3v) is 7.12. The van der Waals surface area contributed by atoms with Crippen LogP contribution in [0, 0.1) is 0 Å². The molecule has 0 saturated heterocycles. The smallest absolute Gasteiger partial charge is 0.147 e. The van der Waals surface area contributed by atoms with E-state index in [1.54, 1.807) is 0 Å². The molecule has 0 N–H and O–H groups in total. The predicted octanol–water partition coefficient (Wildman–Crippen LogP) is 3.32. The monoisotopic (exact) mass is 240 g/mol. The first-order valence-electron chi connectivity index (χ1n) is 5.63. The average molecular weight is 240 g/mol. The van der Waals surface area contributed by atoms with E-state index < -0.39 is 16.3 Å². The minimum Gasteiger partial charge on any atom is -0.397 e. The highest BCUT2D eigenvalue weighted by molar-refractivity contribution is 6.83. The topological polar surface area (TPSA) is 15.6 Å². The zero-order valence-electron chi connectivity index (χ0n) is 11.1. The summed E-state index contributed by atoms with van der Waals surface area (Å²) >= 11 is 0. The van der Waals surface area contributed by atoms with Crippen molar-refractivity contribution in [2.75, 3.05) is 0 Å². The standard InChI is InChI=1S/C11H24N2Si2/c1-10-9-13(15(5,6)7)11(8-12-10)14(2,3)4/h8-9,11H,1-7H3. The molecule has 1 atom stereocenters. The minimum absolute atomic E-state index is 0.577. The van der Waals surface area contributed by atoms with Crippen LogP contribution in [0.25, 0.3) is 0 Å². The van der Waals surface area contributed by atoms with Crippen LogP contribution in [-0.4, -0.2) is 32.8 Å². The molecule has 1 rings (SSSR count). The van der Waals surface area contributed by atoms with E-state index >= 15 is 0 Å². The molecule has 1 unspecified atom stereocenters. The highest BCUT2D eigenvalue weighted by Gasteiger charge is 2.37. The van der Waals surface area contributed by atoms with Crippen LogP contribution in [0.2, 0.25) is 39.3 Å². The van der Waals surface area contributed by atoms with Gasteiger partial charge in [0.2, 0.25) is 0 Å². The predicted molar refractivity (Wildman–Crippen MR) is 74.6 cm³/mol. The molecule has 0 radical (unpaired) electrons. The third-order valence-electron chi connectivity index (χ3n) is 2.71. The highest BCUT2D eigenvalue weighted by Crippen LogP contribution is 2.24. The average Bonchev–Trinajstić information content (AvgIpc) is 2.00. The lowest BCUT2D eigenvalue weighted by Gasteiger charge is -2.45. The number of aliphatic imine (C=N–C) groups is 1. The van der Waals surface area contributed by atoms with Crippen LogP contribution in [0.1, 0.15) is 6.92 Å². The molecule has 1 aliphatic heterocycles. The molecule has 0 aromatic heterocycles. The van der Waals surface area contributed by atoms with Crippen molar-refractivity contribution < 1.29 is 0 Å². The summed E-state index contributed by atoms with van der Waals surface area (Å²) in [7, 11) is -2.46. The van der Waals surface area contributed by atoms with Gasteiger partial charge in [0.1, 0.15) is 8.24 Å². The second-order valence-electron chi connectivity index (χ2n) is 6.44. The van der Waals surface area contributed by atoms with Crippen molar-refractivity contribution in [3.8, 4) is 0 Å². The number of rotatable bonds is 2. The van der Waals surface area contributed by atoms with E-state index in [-0.39, 0.29) is 0 Å². The summed E-state index contributed by atoms with van der Waals surface area (Å²) in [5.41, 5.74) is 1.72. The van der Waals surface area contributed by atoms with Crippen LogP contribution in [0.4, 0.5) is 0 Å². The van der Waals surface area contributed by atoms with Crippen LogP contribution in [0.3, 0.4) is 0 Å². The Balaban J connectivity index is 3.04. The van der Waals surface area contributed by atoms with E-state index in [9.17, 15) is 0 Å². The van der Waals surface area contributed by atoms with E-state index in [0.717, 1.165) is 5.70 Å². The second kappa shape index (κ2) is 3.90. The summed E-state index contributed by atoms with van der Waals surface area (Å²) in [6.07, 6.45) is 4.45. The maximum atomic E-state index is 4.49. The molecule has 4 heteroatoms. The molecule has 0 aliphatic carbocycles. The summed E-state index contributed by atoms with van der Waals surface area (Å²) in [4.78, 5) is 4.49. The molecular formula is C11H24N2Si2. The molecule has 1 heterocycles. The van der Waals surface area contributed by atoms with Crippen molar-refractivity contribution in [2.45, 2.75) is 51.9 Å². The second-order valence-corrected chi connectivity index (χ2v) is 16.6. The van der Waals surface area contributed by atoms with Gasteiger partial charge in [-0.1, -0.05) is 39.3 Å².